The van der Waals surface area contributed by atoms with E-state index < -0.39 is 4.92 Å². The topological polar surface area (TPSA) is 73.3 Å². The molecule has 0 aliphatic carbocycles. The van der Waals surface area contributed by atoms with Gasteiger partial charge in [0.1, 0.15) is 11.3 Å². The van der Waals surface area contributed by atoms with Gasteiger partial charge in [-0.1, -0.05) is 48.6 Å². The van der Waals surface area contributed by atoms with Crippen LogP contribution in [-0.4, -0.2) is 10.7 Å². The minimum absolute atomic E-state index is 0.0679. The lowest BCUT2D eigenvalue weighted by molar-refractivity contribution is -0.385. The molecule has 5 heteroatoms. The summed E-state index contributed by atoms with van der Waals surface area (Å²) < 4.78 is 5.19. The van der Waals surface area contributed by atoms with Crippen molar-refractivity contribution in [3.63, 3.8) is 0 Å². The van der Waals surface area contributed by atoms with Gasteiger partial charge in [0, 0.05) is 11.6 Å². The average Bonchev–Trinajstić information content (AvgIpc) is 3.18. The van der Waals surface area contributed by atoms with Gasteiger partial charge in [0.15, 0.2) is 5.78 Å². The molecule has 3 rings (SSSR count). The molecule has 3 aromatic rings. The molecule has 0 atom stereocenters. The standard InChI is InChI=1S/C21H15NO4/c23-21(17-8-2-1-3-9-17)19-15-16(12-13-20(19)22(24)25)7-4-5-10-18-11-6-14-26-18/h1-15H/b7-4+,10-5+. The van der Waals surface area contributed by atoms with E-state index in [0.717, 1.165) is 5.76 Å². The Bertz CT molecular complexity index is 971. The Morgan fingerprint density at radius 2 is 1.73 bits per heavy atom. The smallest absolute Gasteiger partial charge is 0.280 e. The van der Waals surface area contributed by atoms with Crippen molar-refractivity contribution < 1.29 is 14.1 Å². The zero-order valence-electron chi connectivity index (χ0n) is 13.7. The summed E-state index contributed by atoms with van der Waals surface area (Å²) in [7, 11) is 0. The highest BCUT2D eigenvalue weighted by Gasteiger charge is 2.21. The van der Waals surface area contributed by atoms with Gasteiger partial charge < -0.3 is 4.42 Å². The predicted molar refractivity (Wildman–Crippen MR) is 99.7 cm³/mol. The van der Waals surface area contributed by atoms with E-state index in [0.29, 0.717) is 11.1 Å². The summed E-state index contributed by atoms with van der Waals surface area (Å²) in [5.41, 5.74) is 0.967. The molecule has 0 fully saturated rings. The van der Waals surface area contributed by atoms with Crippen molar-refractivity contribution in [2.24, 2.45) is 0 Å². The minimum Gasteiger partial charge on any atom is -0.465 e. The average molecular weight is 345 g/mol. The molecule has 128 valence electrons. The first-order valence-electron chi connectivity index (χ1n) is 7.91. The highest BCUT2D eigenvalue weighted by Crippen LogP contribution is 2.24. The number of rotatable bonds is 6. The Balaban J connectivity index is 1.89. The van der Waals surface area contributed by atoms with E-state index >= 15 is 0 Å². The zero-order chi connectivity index (χ0) is 18.4. The maximum absolute atomic E-state index is 12.7. The highest BCUT2D eigenvalue weighted by molar-refractivity contribution is 6.11. The fourth-order valence-corrected chi connectivity index (χ4v) is 2.45. The fraction of sp³-hybridized carbons (Fsp3) is 0. The van der Waals surface area contributed by atoms with Gasteiger partial charge >= 0.3 is 0 Å². The molecule has 0 N–H and O–H groups in total. The third-order valence-electron chi connectivity index (χ3n) is 3.70. The number of ketones is 1. The van der Waals surface area contributed by atoms with Crippen molar-refractivity contribution >= 4 is 23.6 Å². The Morgan fingerprint density at radius 1 is 0.962 bits per heavy atom. The van der Waals surface area contributed by atoms with Gasteiger partial charge in [0.2, 0.25) is 0 Å². The molecule has 26 heavy (non-hydrogen) atoms. The molecule has 1 aromatic heterocycles. The highest BCUT2D eigenvalue weighted by atomic mass is 16.6. The molecule has 0 unspecified atom stereocenters. The summed E-state index contributed by atoms with van der Waals surface area (Å²) in [5, 5.41) is 11.3. The summed E-state index contributed by atoms with van der Waals surface area (Å²) in [6.45, 7) is 0. The van der Waals surface area contributed by atoms with E-state index in [4.69, 9.17) is 4.42 Å². The fourth-order valence-electron chi connectivity index (χ4n) is 2.45. The summed E-state index contributed by atoms with van der Waals surface area (Å²) in [6.07, 6.45) is 8.71. The van der Waals surface area contributed by atoms with Crippen LogP contribution in [0.3, 0.4) is 0 Å². The molecular formula is C21H15NO4. The van der Waals surface area contributed by atoms with Crippen molar-refractivity contribution in [1.29, 1.82) is 0 Å². The number of hydrogen-bond acceptors (Lipinski definition) is 4. The molecule has 2 aromatic carbocycles. The minimum atomic E-state index is -0.541. The molecule has 0 spiro atoms. The van der Waals surface area contributed by atoms with Crippen LogP contribution in [0.25, 0.3) is 12.2 Å². The number of hydrogen-bond donors (Lipinski definition) is 0. The Morgan fingerprint density at radius 3 is 2.42 bits per heavy atom. The molecule has 0 radical (unpaired) electrons. The maximum atomic E-state index is 12.7. The Hall–Kier alpha value is -3.73. The monoisotopic (exact) mass is 345 g/mol. The van der Waals surface area contributed by atoms with Crippen LogP contribution in [-0.2, 0) is 0 Å². The van der Waals surface area contributed by atoms with Crippen molar-refractivity contribution in [2.45, 2.75) is 0 Å². The van der Waals surface area contributed by atoms with Crippen LogP contribution >= 0.6 is 0 Å². The Labute approximate surface area is 150 Å². The van der Waals surface area contributed by atoms with Crippen molar-refractivity contribution in [1.82, 2.24) is 0 Å². The van der Waals surface area contributed by atoms with Crippen LogP contribution in [0.1, 0.15) is 27.2 Å². The molecule has 5 nitrogen and oxygen atoms in total. The lowest BCUT2D eigenvalue weighted by Crippen LogP contribution is -2.05. The van der Waals surface area contributed by atoms with E-state index in [1.54, 1.807) is 73.0 Å². The maximum Gasteiger partial charge on any atom is 0.280 e. The van der Waals surface area contributed by atoms with E-state index in [1.807, 2.05) is 6.07 Å². The van der Waals surface area contributed by atoms with Crippen LogP contribution in [0.15, 0.2) is 83.5 Å². The summed E-state index contributed by atoms with van der Waals surface area (Å²) in [6, 6.07) is 16.6. The van der Waals surface area contributed by atoms with E-state index in [-0.39, 0.29) is 17.0 Å². The van der Waals surface area contributed by atoms with E-state index in [1.165, 1.54) is 12.1 Å². The quantitative estimate of drug-likeness (QED) is 0.268. The number of carbonyl (C=O) groups is 1. The van der Waals surface area contributed by atoms with Crippen molar-refractivity contribution in [3.8, 4) is 0 Å². The second-order valence-corrected chi connectivity index (χ2v) is 5.46. The number of allylic oxidation sites excluding steroid dienone is 2. The zero-order valence-corrected chi connectivity index (χ0v) is 13.7. The lowest BCUT2D eigenvalue weighted by Gasteiger charge is -2.04. The predicted octanol–water partition coefficient (Wildman–Crippen LogP) is 5.15. The van der Waals surface area contributed by atoms with Gasteiger partial charge in [-0.05, 0) is 35.9 Å². The Kier molecular flexibility index (Phi) is 5.19. The third kappa shape index (κ3) is 4.02. The second-order valence-electron chi connectivity index (χ2n) is 5.46. The van der Waals surface area contributed by atoms with Gasteiger partial charge in [-0.25, -0.2) is 0 Å². The number of benzene rings is 2. The molecule has 0 bridgehead atoms. The summed E-state index contributed by atoms with van der Waals surface area (Å²) in [5.74, 6) is 0.344. The first-order valence-corrected chi connectivity index (χ1v) is 7.91. The number of nitro groups is 1. The molecular weight excluding hydrogens is 330 g/mol. The van der Waals surface area contributed by atoms with Crippen LogP contribution in [0, 0.1) is 10.1 Å². The molecule has 0 saturated carbocycles. The SMILES string of the molecule is O=C(c1ccccc1)c1cc(/C=C/C=C/c2ccco2)ccc1[N+](=O)[O-]. The first kappa shape index (κ1) is 17.1. The number of nitrogens with zero attached hydrogens (tertiary/aromatic N) is 1. The largest absolute Gasteiger partial charge is 0.465 e. The number of furan rings is 1. The van der Waals surface area contributed by atoms with E-state index in [9.17, 15) is 14.9 Å². The van der Waals surface area contributed by atoms with Gasteiger partial charge in [-0.2, -0.15) is 0 Å². The number of carbonyl (C=O) groups excluding carboxylic acids is 1. The van der Waals surface area contributed by atoms with Gasteiger partial charge in [-0.3, -0.25) is 14.9 Å². The van der Waals surface area contributed by atoms with Crippen molar-refractivity contribution in [2.75, 3.05) is 0 Å². The van der Waals surface area contributed by atoms with Gasteiger partial charge in [0.25, 0.3) is 5.69 Å². The van der Waals surface area contributed by atoms with Crippen LogP contribution in [0.5, 0.6) is 0 Å². The van der Waals surface area contributed by atoms with Crippen LogP contribution < -0.4 is 0 Å². The molecule has 0 amide bonds. The lowest BCUT2D eigenvalue weighted by atomic mass is 9.99. The van der Waals surface area contributed by atoms with E-state index in [2.05, 4.69) is 0 Å². The van der Waals surface area contributed by atoms with Gasteiger partial charge in [0.05, 0.1) is 11.2 Å². The van der Waals surface area contributed by atoms with Crippen molar-refractivity contribution in [3.05, 3.63) is 112 Å². The second kappa shape index (κ2) is 7.90. The van der Waals surface area contributed by atoms with Gasteiger partial charge in [-0.15, -0.1) is 0 Å². The molecule has 0 aliphatic heterocycles. The first-order chi connectivity index (χ1) is 12.6. The van der Waals surface area contributed by atoms with Crippen LogP contribution in [0.4, 0.5) is 5.69 Å². The molecule has 1 heterocycles. The number of nitro benzene ring substituents is 1. The van der Waals surface area contributed by atoms with Crippen LogP contribution in [0.2, 0.25) is 0 Å². The molecule has 0 saturated heterocycles. The normalized spacial score (nSPS) is 11.2. The summed E-state index contributed by atoms with van der Waals surface area (Å²) in [4.78, 5) is 23.4. The third-order valence-corrected chi connectivity index (χ3v) is 3.70. The summed E-state index contributed by atoms with van der Waals surface area (Å²) >= 11 is 0. The molecule has 0 aliphatic rings.